The summed E-state index contributed by atoms with van der Waals surface area (Å²) in [6.45, 7) is 9.10. The van der Waals surface area contributed by atoms with Crippen molar-refractivity contribution in [1.82, 2.24) is 10.2 Å². The molecule has 0 spiro atoms. The number of nitrogens with zero attached hydrogens (tertiary/aromatic N) is 1. The average Bonchev–Trinajstić information content (AvgIpc) is 2.76. The van der Waals surface area contributed by atoms with E-state index in [-0.39, 0.29) is 11.6 Å². The molecule has 1 heterocycles. The maximum absolute atomic E-state index is 12.2. The minimum atomic E-state index is -0.0260. The highest BCUT2D eigenvalue weighted by atomic mass is 16.1. The van der Waals surface area contributed by atoms with Crippen LogP contribution in [0.4, 0.5) is 0 Å². The van der Waals surface area contributed by atoms with Gasteiger partial charge < -0.3 is 10.1 Å². The molecule has 1 aromatic rings. The number of likely N-dealkylation sites (tertiary alicyclic amines) is 1. The van der Waals surface area contributed by atoms with Crippen LogP contribution in [0.2, 0.25) is 0 Å². The molecule has 1 N–H and O–H groups in total. The lowest BCUT2D eigenvalue weighted by molar-refractivity contribution is -0.125. The number of piperidine rings is 1. The van der Waals surface area contributed by atoms with Crippen LogP contribution in [0.3, 0.4) is 0 Å². The first-order chi connectivity index (χ1) is 14.4. The van der Waals surface area contributed by atoms with E-state index in [9.17, 15) is 9.59 Å². The second-order valence-electron chi connectivity index (χ2n) is 8.50. The van der Waals surface area contributed by atoms with E-state index in [1.807, 2.05) is 27.6 Å². The Labute approximate surface area is 183 Å². The molecule has 1 saturated heterocycles. The van der Waals surface area contributed by atoms with Crippen molar-refractivity contribution in [3.63, 3.8) is 0 Å². The molecule has 2 rings (SSSR count). The lowest BCUT2D eigenvalue weighted by Crippen LogP contribution is -2.41. The van der Waals surface area contributed by atoms with Gasteiger partial charge in [-0.05, 0) is 71.5 Å². The molecule has 1 fully saturated rings. The van der Waals surface area contributed by atoms with Gasteiger partial charge in [0.15, 0.2) is 0 Å². The van der Waals surface area contributed by atoms with Crippen molar-refractivity contribution in [2.75, 3.05) is 13.6 Å². The Hall–Kier alpha value is -2.01. The summed E-state index contributed by atoms with van der Waals surface area (Å²) in [5.74, 6) is 0.465. The van der Waals surface area contributed by atoms with Crippen LogP contribution in [0.15, 0.2) is 30.3 Å². The summed E-state index contributed by atoms with van der Waals surface area (Å²) in [6.07, 6.45) is 10.5. The molecule has 30 heavy (non-hydrogen) atoms. The second-order valence-corrected chi connectivity index (χ2v) is 8.50. The van der Waals surface area contributed by atoms with Crippen LogP contribution in [-0.2, 0) is 20.8 Å². The number of unbranched alkanes of at least 4 members (excludes halogenated alkanes) is 2. The van der Waals surface area contributed by atoms with Crippen LogP contribution < -0.4 is 5.32 Å². The number of aryl methyl sites for hydroxylation is 1. The van der Waals surface area contributed by atoms with E-state index < -0.39 is 0 Å². The molecular weight excluding hydrogens is 376 g/mol. The van der Waals surface area contributed by atoms with Crippen LogP contribution in [0.1, 0.15) is 77.7 Å². The second kappa shape index (κ2) is 16.8. The number of hydrogen-bond donors (Lipinski definition) is 1. The lowest BCUT2D eigenvalue weighted by Gasteiger charge is -2.31. The number of benzene rings is 1. The van der Waals surface area contributed by atoms with Crippen molar-refractivity contribution in [1.29, 1.82) is 0 Å². The molecule has 0 aromatic heterocycles. The third-order valence-corrected chi connectivity index (χ3v) is 5.71. The highest BCUT2D eigenvalue weighted by Crippen LogP contribution is 2.18. The molecule has 1 amide bonds. The van der Waals surface area contributed by atoms with Gasteiger partial charge in [0.05, 0.1) is 6.04 Å². The van der Waals surface area contributed by atoms with E-state index in [0.717, 1.165) is 51.5 Å². The molecule has 170 valence electrons. The summed E-state index contributed by atoms with van der Waals surface area (Å²) in [7, 11) is 2.09. The Morgan fingerprint density at radius 1 is 1.17 bits per heavy atom. The normalized spacial score (nSPS) is 16.3. The third kappa shape index (κ3) is 12.5. The fraction of sp³-hybridized carbons (Fsp3) is 0.640. The predicted octanol–water partition coefficient (Wildman–Crippen LogP) is 4.58. The molecule has 5 nitrogen and oxygen atoms in total. The van der Waals surface area contributed by atoms with Crippen molar-refractivity contribution in [3.05, 3.63) is 35.9 Å². The first kappa shape index (κ1) is 28.0. The highest BCUT2D eigenvalue weighted by Gasteiger charge is 2.24. The van der Waals surface area contributed by atoms with Crippen molar-refractivity contribution in [2.45, 2.75) is 90.1 Å². The van der Waals surface area contributed by atoms with Crippen molar-refractivity contribution >= 4 is 19.0 Å². The molecule has 1 aromatic carbocycles. The number of rotatable bonds is 10. The summed E-state index contributed by atoms with van der Waals surface area (Å²) in [5.41, 5.74) is 1.38. The number of carbonyl (C=O) groups excluding carboxylic acids is 3. The smallest absolute Gasteiger partial charge is 0.207 e. The number of Topliss-reactive ketones (excluding diaryl/α,β-unsaturated/α-hetero) is 1. The molecule has 1 aliphatic rings. The van der Waals surface area contributed by atoms with Crippen LogP contribution >= 0.6 is 0 Å². The van der Waals surface area contributed by atoms with Gasteiger partial charge in [0.1, 0.15) is 12.6 Å². The zero-order valence-electron chi connectivity index (χ0n) is 19.5. The molecule has 1 atom stereocenters. The van der Waals surface area contributed by atoms with Gasteiger partial charge in [-0.25, -0.2) is 0 Å². The Bertz CT molecular complexity index is 575. The maximum atomic E-state index is 12.2. The van der Waals surface area contributed by atoms with E-state index in [1.165, 1.54) is 24.8 Å². The Morgan fingerprint density at radius 3 is 2.37 bits per heavy atom. The fourth-order valence-corrected chi connectivity index (χ4v) is 3.36. The maximum Gasteiger partial charge on any atom is 0.207 e. The topological polar surface area (TPSA) is 66.5 Å². The molecule has 0 aliphatic carbocycles. The van der Waals surface area contributed by atoms with Crippen LogP contribution in [0.5, 0.6) is 0 Å². The minimum Gasteiger partial charge on any atom is -0.354 e. The molecule has 0 bridgehead atoms. The minimum absolute atomic E-state index is 0.0260. The molecule has 0 radical (unpaired) electrons. The van der Waals surface area contributed by atoms with Gasteiger partial charge in [-0.15, -0.1) is 0 Å². The van der Waals surface area contributed by atoms with Gasteiger partial charge in [-0.2, -0.15) is 0 Å². The van der Waals surface area contributed by atoms with Crippen molar-refractivity contribution in [3.8, 4) is 0 Å². The Morgan fingerprint density at radius 2 is 1.83 bits per heavy atom. The van der Waals surface area contributed by atoms with Gasteiger partial charge in [-0.3, -0.25) is 14.5 Å². The number of amides is 1. The van der Waals surface area contributed by atoms with Crippen LogP contribution in [0, 0.1) is 0 Å². The number of hydrogen-bond acceptors (Lipinski definition) is 4. The van der Waals surface area contributed by atoms with E-state index in [1.54, 1.807) is 0 Å². The predicted molar refractivity (Wildman–Crippen MR) is 125 cm³/mol. The number of ketones is 1. The zero-order valence-corrected chi connectivity index (χ0v) is 19.5. The van der Waals surface area contributed by atoms with Crippen LogP contribution in [0.25, 0.3) is 0 Å². The number of carbonyl (C=O) groups is 3. The highest BCUT2D eigenvalue weighted by molar-refractivity contribution is 5.84. The molecular formula is C25H42N2O3. The van der Waals surface area contributed by atoms with Gasteiger partial charge in [0.2, 0.25) is 6.41 Å². The molecule has 0 unspecified atom stereocenters. The third-order valence-electron chi connectivity index (χ3n) is 5.71. The van der Waals surface area contributed by atoms with Gasteiger partial charge >= 0.3 is 0 Å². The van der Waals surface area contributed by atoms with Gasteiger partial charge in [0, 0.05) is 12.0 Å². The first-order valence-corrected chi connectivity index (χ1v) is 11.2. The average molecular weight is 419 g/mol. The summed E-state index contributed by atoms with van der Waals surface area (Å²) >= 11 is 0. The largest absolute Gasteiger partial charge is 0.354 e. The standard InChI is InChI=1S/C18H27NO.C6H13NO.CH2O/c1-19-15-9-8-13-17(19)18(20)14-7-3-6-12-16-10-4-2-5-11-16;1-4-6(2,3)7-5-8;1-2/h2,4-5,10-11,17H,3,6-9,12-15H2,1H3;5H,4H2,1-3H3,(H,7,8);1H2/t17-;;/m0../s1. The Kier molecular flexibility index (Phi) is 15.6. The summed E-state index contributed by atoms with van der Waals surface area (Å²) < 4.78 is 0. The monoisotopic (exact) mass is 418 g/mol. The van der Waals surface area contributed by atoms with Crippen molar-refractivity contribution < 1.29 is 14.4 Å². The van der Waals surface area contributed by atoms with E-state index in [0.29, 0.717) is 5.78 Å². The van der Waals surface area contributed by atoms with Gasteiger partial charge in [-0.1, -0.05) is 50.1 Å². The van der Waals surface area contributed by atoms with E-state index >= 15 is 0 Å². The van der Waals surface area contributed by atoms with Gasteiger partial charge in [0.25, 0.3) is 0 Å². The number of nitrogens with one attached hydrogen (secondary N) is 1. The molecule has 0 saturated carbocycles. The van der Waals surface area contributed by atoms with Crippen molar-refractivity contribution in [2.24, 2.45) is 0 Å². The molecule has 1 aliphatic heterocycles. The quantitative estimate of drug-likeness (QED) is 0.446. The first-order valence-electron chi connectivity index (χ1n) is 11.2. The van der Waals surface area contributed by atoms with Crippen LogP contribution in [-0.4, -0.2) is 49.1 Å². The lowest BCUT2D eigenvalue weighted by atomic mass is 9.95. The SMILES string of the molecule is C=O.CCC(C)(C)NC=O.CN1CCCC[C@H]1C(=O)CCCCCc1ccccc1. The zero-order chi connectivity index (χ0) is 22.8. The van der Waals surface area contributed by atoms with E-state index in [4.69, 9.17) is 4.79 Å². The molecule has 5 heteroatoms. The number of likely N-dealkylation sites (N-methyl/N-ethyl adjacent to an activating group) is 1. The Balaban J connectivity index is 0.000000712. The summed E-state index contributed by atoms with van der Waals surface area (Å²) in [6, 6.07) is 10.8. The summed E-state index contributed by atoms with van der Waals surface area (Å²) in [5, 5.41) is 2.69. The fourth-order valence-electron chi connectivity index (χ4n) is 3.36. The summed E-state index contributed by atoms with van der Waals surface area (Å²) in [4.78, 5) is 32.3. The van der Waals surface area contributed by atoms with E-state index in [2.05, 4.69) is 47.6 Å².